The molecule has 106 valence electrons. The number of nitrogens with zero attached hydrogens (tertiary/aromatic N) is 1. The number of benzene rings is 2. The summed E-state index contributed by atoms with van der Waals surface area (Å²) in [7, 11) is 0. The molecule has 0 saturated carbocycles. The van der Waals surface area contributed by atoms with Gasteiger partial charge in [0.05, 0.1) is 11.6 Å². The van der Waals surface area contributed by atoms with Crippen LogP contribution in [0, 0.1) is 6.92 Å². The summed E-state index contributed by atoms with van der Waals surface area (Å²) in [6.45, 7) is 1.99. The molecule has 2 aromatic carbocycles. The van der Waals surface area contributed by atoms with Crippen molar-refractivity contribution in [2.24, 2.45) is 5.84 Å². The van der Waals surface area contributed by atoms with Crippen LogP contribution >= 0.6 is 11.6 Å². The van der Waals surface area contributed by atoms with Crippen LogP contribution in [-0.4, -0.2) is 4.98 Å². The molecule has 3 N–H and O–H groups in total. The van der Waals surface area contributed by atoms with E-state index in [-0.39, 0.29) is 6.04 Å². The molecule has 0 amide bonds. The second kappa shape index (κ2) is 5.82. The fraction of sp³-hybridized carbons (Fsp3) is 0.118. The normalized spacial score (nSPS) is 12.5. The van der Waals surface area contributed by atoms with Crippen molar-refractivity contribution >= 4 is 22.5 Å². The van der Waals surface area contributed by atoms with Crippen LogP contribution in [0.1, 0.15) is 22.7 Å². The molecule has 1 unspecified atom stereocenters. The number of hydrazine groups is 1. The molecule has 3 rings (SSSR count). The van der Waals surface area contributed by atoms with E-state index in [0.29, 0.717) is 0 Å². The van der Waals surface area contributed by atoms with Crippen molar-refractivity contribution in [2.75, 3.05) is 0 Å². The molecule has 21 heavy (non-hydrogen) atoms. The first-order valence-electron chi connectivity index (χ1n) is 6.76. The predicted octanol–water partition coefficient (Wildman–Crippen LogP) is 3.75. The number of aryl methyl sites for hydroxylation is 1. The molecule has 0 aliphatic rings. The summed E-state index contributed by atoms with van der Waals surface area (Å²) in [4.78, 5) is 4.39. The minimum atomic E-state index is -0.0904. The van der Waals surface area contributed by atoms with Gasteiger partial charge in [0, 0.05) is 16.6 Å². The van der Waals surface area contributed by atoms with E-state index in [1.54, 1.807) is 6.20 Å². The van der Waals surface area contributed by atoms with E-state index in [9.17, 15) is 0 Å². The molecule has 0 bridgehead atoms. The third-order valence-electron chi connectivity index (χ3n) is 3.65. The maximum atomic E-state index is 6.09. The first-order chi connectivity index (χ1) is 10.2. The summed E-state index contributed by atoms with van der Waals surface area (Å²) in [5.41, 5.74) is 7.02. The van der Waals surface area contributed by atoms with Crippen LogP contribution in [-0.2, 0) is 0 Å². The fourth-order valence-corrected chi connectivity index (χ4v) is 2.61. The zero-order valence-corrected chi connectivity index (χ0v) is 12.4. The molecule has 3 nitrogen and oxygen atoms in total. The summed E-state index contributed by atoms with van der Waals surface area (Å²) in [6.07, 6.45) is 1.80. The third-order valence-corrected chi connectivity index (χ3v) is 4.07. The quantitative estimate of drug-likeness (QED) is 0.572. The molecule has 1 atom stereocenters. The lowest BCUT2D eigenvalue weighted by Gasteiger charge is -2.18. The van der Waals surface area contributed by atoms with Crippen molar-refractivity contribution in [3.63, 3.8) is 0 Å². The highest BCUT2D eigenvalue weighted by Crippen LogP contribution is 2.27. The van der Waals surface area contributed by atoms with Gasteiger partial charge in [-0.2, -0.15) is 0 Å². The van der Waals surface area contributed by atoms with Gasteiger partial charge in [-0.1, -0.05) is 41.9 Å². The van der Waals surface area contributed by atoms with E-state index in [1.807, 2.05) is 31.2 Å². The Morgan fingerprint density at radius 2 is 1.86 bits per heavy atom. The topological polar surface area (TPSA) is 50.9 Å². The lowest BCUT2D eigenvalue weighted by atomic mass is 9.97. The maximum Gasteiger partial charge on any atom is 0.0710 e. The average Bonchev–Trinajstić information content (AvgIpc) is 2.51. The Morgan fingerprint density at radius 3 is 2.62 bits per heavy atom. The molecule has 0 spiro atoms. The Bertz CT molecular complexity index is 786. The van der Waals surface area contributed by atoms with Gasteiger partial charge in [-0.3, -0.25) is 10.8 Å². The van der Waals surface area contributed by atoms with E-state index in [2.05, 4.69) is 34.7 Å². The highest BCUT2D eigenvalue weighted by molar-refractivity contribution is 6.31. The first kappa shape index (κ1) is 14.0. The van der Waals surface area contributed by atoms with Gasteiger partial charge in [-0.25, -0.2) is 5.43 Å². The van der Waals surface area contributed by atoms with E-state index < -0.39 is 0 Å². The number of fused-ring (bicyclic) bond motifs is 1. The number of hydrogen-bond acceptors (Lipinski definition) is 3. The molecular weight excluding hydrogens is 282 g/mol. The third kappa shape index (κ3) is 2.76. The SMILES string of the molecule is Cc1cc(C(NN)c2ccc3cccnc3c2)ccc1Cl. The molecule has 0 aliphatic heterocycles. The number of halogens is 1. The van der Waals surface area contributed by atoms with Gasteiger partial charge in [-0.05, 0) is 41.8 Å². The summed E-state index contributed by atoms with van der Waals surface area (Å²) < 4.78 is 0. The van der Waals surface area contributed by atoms with E-state index in [4.69, 9.17) is 17.4 Å². The van der Waals surface area contributed by atoms with Crippen LogP contribution in [0.4, 0.5) is 0 Å². The molecular formula is C17H16ClN3. The summed E-state index contributed by atoms with van der Waals surface area (Å²) in [5, 5.41) is 1.87. The molecule has 3 aromatic rings. The molecule has 0 saturated heterocycles. The molecule has 1 aromatic heterocycles. The van der Waals surface area contributed by atoms with Crippen molar-refractivity contribution in [3.8, 4) is 0 Å². The van der Waals surface area contributed by atoms with E-state index in [0.717, 1.165) is 32.6 Å². The number of aromatic nitrogens is 1. The van der Waals surface area contributed by atoms with Gasteiger partial charge in [-0.15, -0.1) is 0 Å². The number of rotatable bonds is 3. The number of hydrogen-bond donors (Lipinski definition) is 2. The highest BCUT2D eigenvalue weighted by Gasteiger charge is 2.14. The molecule has 0 fully saturated rings. The van der Waals surface area contributed by atoms with Gasteiger partial charge in [0.1, 0.15) is 0 Å². The Morgan fingerprint density at radius 1 is 1.10 bits per heavy atom. The van der Waals surface area contributed by atoms with E-state index in [1.165, 1.54) is 0 Å². The van der Waals surface area contributed by atoms with Gasteiger partial charge >= 0.3 is 0 Å². The van der Waals surface area contributed by atoms with E-state index >= 15 is 0 Å². The zero-order chi connectivity index (χ0) is 14.8. The monoisotopic (exact) mass is 297 g/mol. The molecule has 0 aliphatic carbocycles. The van der Waals surface area contributed by atoms with Crippen molar-refractivity contribution in [1.82, 2.24) is 10.4 Å². The van der Waals surface area contributed by atoms with Crippen LogP contribution in [0.5, 0.6) is 0 Å². The van der Waals surface area contributed by atoms with Crippen LogP contribution in [0.25, 0.3) is 10.9 Å². The number of nitrogens with one attached hydrogen (secondary N) is 1. The van der Waals surface area contributed by atoms with Gasteiger partial charge in [0.2, 0.25) is 0 Å². The summed E-state index contributed by atoms with van der Waals surface area (Å²) >= 11 is 6.09. The Hall–Kier alpha value is -1.94. The van der Waals surface area contributed by atoms with Crippen molar-refractivity contribution in [3.05, 3.63) is 76.4 Å². The minimum absolute atomic E-state index is 0.0904. The lowest BCUT2D eigenvalue weighted by Crippen LogP contribution is -2.28. The van der Waals surface area contributed by atoms with Crippen molar-refractivity contribution in [2.45, 2.75) is 13.0 Å². The predicted molar refractivity (Wildman–Crippen MR) is 87.1 cm³/mol. The lowest BCUT2D eigenvalue weighted by molar-refractivity contribution is 0.637. The van der Waals surface area contributed by atoms with Crippen LogP contribution in [0.3, 0.4) is 0 Å². The molecule has 0 radical (unpaired) electrons. The first-order valence-corrected chi connectivity index (χ1v) is 7.13. The zero-order valence-electron chi connectivity index (χ0n) is 11.7. The largest absolute Gasteiger partial charge is 0.271 e. The number of pyridine rings is 1. The molecule has 4 heteroatoms. The Labute approximate surface area is 128 Å². The highest BCUT2D eigenvalue weighted by atomic mass is 35.5. The van der Waals surface area contributed by atoms with Gasteiger partial charge < -0.3 is 0 Å². The van der Waals surface area contributed by atoms with Crippen LogP contribution < -0.4 is 11.3 Å². The summed E-state index contributed by atoms with van der Waals surface area (Å²) in [5.74, 6) is 5.77. The van der Waals surface area contributed by atoms with Crippen LogP contribution in [0.2, 0.25) is 5.02 Å². The summed E-state index contributed by atoms with van der Waals surface area (Å²) in [6, 6.07) is 16.0. The van der Waals surface area contributed by atoms with Crippen molar-refractivity contribution in [1.29, 1.82) is 0 Å². The standard InChI is InChI=1S/C17H16ClN3/c1-11-9-13(6-7-15(11)18)17(21-19)14-5-4-12-3-2-8-20-16(12)10-14/h2-10,17,21H,19H2,1H3. The second-order valence-corrected chi connectivity index (χ2v) is 5.47. The smallest absolute Gasteiger partial charge is 0.0710 e. The Kier molecular flexibility index (Phi) is 3.88. The Balaban J connectivity index is 2.06. The maximum absolute atomic E-state index is 6.09. The van der Waals surface area contributed by atoms with Crippen molar-refractivity contribution < 1.29 is 0 Å². The fourth-order valence-electron chi connectivity index (χ4n) is 2.50. The number of nitrogens with two attached hydrogens (primary N) is 1. The average molecular weight is 298 g/mol. The van der Waals surface area contributed by atoms with Crippen LogP contribution in [0.15, 0.2) is 54.7 Å². The minimum Gasteiger partial charge on any atom is -0.271 e. The van der Waals surface area contributed by atoms with Gasteiger partial charge in [0.15, 0.2) is 0 Å². The van der Waals surface area contributed by atoms with Gasteiger partial charge in [0.25, 0.3) is 0 Å². The second-order valence-electron chi connectivity index (χ2n) is 5.06. The molecule has 1 heterocycles.